The summed E-state index contributed by atoms with van der Waals surface area (Å²) in [6.07, 6.45) is 0.152. The molecule has 0 radical (unpaired) electrons. The van der Waals surface area contributed by atoms with Gasteiger partial charge in [0.2, 0.25) is 0 Å². The molecule has 1 nitrogen and oxygen atoms in total. The van der Waals surface area contributed by atoms with Crippen LogP contribution in [-0.4, -0.2) is 10.6 Å². The van der Waals surface area contributed by atoms with Gasteiger partial charge in [-0.1, -0.05) is 36.7 Å². The third-order valence-corrected chi connectivity index (χ3v) is 3.17. The molecule has 0 aliphatic carbocycles. The first-order valence-electron chi connectivity index (χ1n) is 5.34. The molecule has 0 aliphatic rings. The van der Waals surface area contributed by atoms with Gasteiger partial charge in [0, 0.05) is 5.41 Å². The molecule has 1 atom stereocenters. The van der Waals surface area contributed by atoms with Crippen molar-refractivity contribution in [2.75, 3.05) is 0 Å². The van der Waals surface area contributed by atoms with Crippen LogP contribution in [0.5, 0.6) is 0 Å². The van der Waals surface area contributed by atoms with E-state index in [2.05, 4.69) is 15.9 Å². The lowest BCUT2D eigenvalue weighted by molar-refractivity contribution is -0.125. The van der Waals surface area contributed by atoms with Gasteiger partial charge in [-0.05, 0) is 30.2 Å². The quantitative estimate of drug-likeness (QED) is 0.774. The molecular formula is C13H15BrF2O. The van der Waals surface area contributed by atoms with E-state index in [1.54, 1.807) is 20.8 Å². The molecule has 0 saturated carbocycles. The molecule has 94 valence electrons. The number of hydrogen-bond donors (Lipinski definition) is 0. The molecule has 0 amide bonds. The van der Waals surface area contributed by atoms with Gasteiger partial charge in [-0.25, -0.2) is 8.78 Å². The maximum atomic E-state index is 13.4. The Hall–Kier alpha value is -0.770. The zero-order chi connectivity index (χ0) is 13.2. The van der Waals surface area contributed by atoms with Crippen molar-refractivity contribution in [3.05, 3.63) is 35.4 Å². The van der Waals surface area contributed by atoms with Crippen LogP contribution >= 0.6 is 15.9 Å². The number of rotatable bonds is 3. The predicted octanol–water partition coefficient (Wildman–Crippen LogP) is 3.89. The maximum Gasteiger partial charge on any atom is 0.152 e. The maximum absolute atomic E-state index is 13.4. The number of Topliss-reactive ketones (excluding diaryl/α,β-unsaturated/α-hetero) is 1. The van der Waals surface area contributed by atoms with Crippen LogP contribution in [0, 0.1) is 17.0 Å². The summed E-state index contributed by atoms with van der Waals surface area (Å²) >= 11 is 3.24. The van der Waals surface area contributed by atoms with E-state index in [1.807, 2.05) is 0 Å². The lowest BCUT2D eigenvalue weighted by Gasteiger charge is -2.20. The van der Waals surface area contributed by atoms with Crippen molar-refractivity contribution in [3.63, 3.8) is 0 Å². The lowest BCUT2D eigenvalue weighted by Crippen LogP contribution is -2.30. The fourth-order valence-corrected chi connectivity index (χ4v) is 2.49. The van der Waals surface area contributed by atoms with E-state index >= 15 is 0 Å². The summed E-state index contributed by atoms with van der Waals surface area (Å²) in [6, 6.07) is 3.26. The summed E-state index contributed by atoms with van der Waals surface area (Å²) < 4.78 is 26.4. The Balaban J connectivity index is 2.85. The fourth-order valence-electron chi connectivity index (χ4n) is 1.46. The molecule has 0 saturated heterocycles. The monoisotopic (exact) mass is 304 g/mol. The number of benzene rings is 1. The van der Waals surface area contributed by atoms with E-state index in [-0.39, 0.29) is 17.8 Å². The van der Waals surface area contributed by atoms with Gasteiger partial charge in [0.25, 0.3) is 0 Å². The van der Waals surface area contributed by atoms with Gasteiger partial charge in [-0.3, -0.25) is 4.79 Å². The second-order valence-corrected chi connectivity index (χ2v) is 6.13. The summed E-state index contributed by atoms with van der Waals surface area (Å²) in [4.78, 5) is 11.4. The van der Waals surface area contributed by atoms with Crippen LogP contribution in [0.1, 0.15) is 26.3 Å². The van der Waals surface area contributed by atoms with Crippen molar-refractivity contribution in [3.8, 4) is 0 Å². The lowest BCUT2D eigenvalue weighted by atomic mass is 9.87. The van der Waals surface area contributed by atoms with Crippen molar-refractivity contribution >= 4 is 21.7 Å². The molecule has 4 heteroatoms. The van der Waals surface area contributed by atoms with Crippen LogP contribution in [0.2, 0.25) is 0 Å². The molecule has 1 aromatic rings. The van der Waals surface area contributed by atoms with Crippen molar-refractivity contribution in [2.24, 2.45) is 5.41 Å². The second kappa shape index (κ2) is 5.25. The highest BCUT2D eigenvalue weighted by atomic mass is 79.9. The Labute approximate surface area is 108 Å². The first kappa shape index (κ1) is 14.3. The normalized spacial score (nSPS) is 13.5. The Morgan fingerprint density at radius 3 is 2.47 bits per heavy atom. The van der Waals surface area contributed by atoms with Crippen molar-refractivity contribution in [1.29, 1.82) is 0 Å². The van der Waals surface area contributed by atoms with Gasteiger partial charge in [0.15, 0.2) is 5.78 Å². The fraction of sp³-hybridized carbons (Fsp3) is 0.462. The van der Waals surface area contributed by atoms with E-state index in [0.29, 0.717) is 0 Å². The minimum Gasteiger partial charge on any atom is -0.298 e. The number of alkyl halides is 1. The van der Waals surface area contributed by atoms with Crippen LogP contribution < -0.4 is 0 Å². The summed E-state index contributed by atoms with van der Waals surface area (Å²) in [7, 11) is 0. The predicted molar refractivity (Wildman–Crippen MR) is 67.2 cm³/mol. The van der Waals surface area contributed by atoms with Gasteiger partial charge in [0.1, 0.15) is 11.6 Å². The van der Waals surface area contributed by atoms with E-state index in [9.17, 15) is 13.6 Å². The average Bonchev–Trinajstić information content (AvgIpc) is 2.21. The average molecular weight is 305 g/mol. The number of halogens is 3. The van der Waals surface area contributed by atoms with Crippen molar-refractivity contribution in [1.82, 2.24) is 0 Å². The van der Waals surface area contributed by atoms with E-state index in [0.717, 1.165) is 18.2 Å². The first-order valence-corrected chi connectivity index (χ1v) is 6.25. The Bertz CT molecular complexity index is 424. The van der Waals surface area contributed by atoms with E-state index in [1.165, 1.54) is 0 Å². The molecule has 0 N–H and O–H groups in total. The molecular weight excluding hydrogens is 290 g/mol. The van der Waals surface area contributed by atoms with Gasteiger partial charge in [-0.2, -0.15) is 0 Å². The van der Waals surface area contributed by atoms with Gasteiger partial charge in [-0.15, -0.1) is 0 Å². The number of ketones is 1. The number of carbonyl (C=O) groups excluding carboxylic acids is 1. The van der Waals surface area contributed by atoms with E-state index in [4.69, 9.17) is 0 Å². The minimum atomic E-state index is -0.502. The Morgan fingerprint density at radius 2 is 1.94 bits per heavy atom. The third kappa shape index (κ3) is 3.87. The molecule has 0 bridgehead atoms. The highest BCUT2D eigenvalue weighted by Crippen LogP contribution is 2.24. The standard InChI is InChI=1S/C13H15BrF2O/c1-13(2,3)12(17)10(14)7-8-6-9(15)4-5-11(8)16/h4-6,10H,7H2,1-3H3. The zero-order valence-corrected chi connectivity index (χ0v) is 11.6. The van der Waals surface area contributed by atoms with Crippen LogP contribution in [0.4, 0.5) is 8.78 Å². The topological polar surface area (TPSA) is 17.1 Å². The smallest absolute Gasteiger partial charge is 0.152 e. The molecule has 0 fully saturated rings. The Morgan fingerprint density at radius 1 is 1.35 bits per heavy atom. The molecule has 0 spiro atoms. The van der Waals surface area contributed by atoms with Gasteiger partial charge >= 0.3 is 0 Å². The molecule has 0 aliphatic heterocycles. The largest absolute Gasteiger partial charge is 0.298 e. The number of hydrogen-bond acceptors (Lipinski definition) is 1. The molecule has 0 aromatic heterocycles. The summed E-state index contributed by atoms with van der Waals surface area (Å²) in [5, 5.41) is 0. The minimum absolute atomic E-state index is 0.0267. The third-order valence-electron chi connectivity index (χ3n) is 2.43. The van der Waals surface area contributed by atoms with Crippen molar-refractivity contribution < 1.29 is 13.6 Å². The summed E-state index contributed by atoms with van der Waals surface area (Å²) in [5.41, 5.74) is -0.290. The number of carbonyl (C=O) groups is 1. The van der Waals surface area contributed by atoms with Crippen LogP contribution in [0.25, 0.3) is 0 Å². The molecule has 17 heavy (non-hydrogen) atoms. The van der Waals surface area contributed by atoms with Crippen LogP contribution in [0.15, 0.2) is 18.2 Å². The zero-order valence-electron chi connectivity index (χ0n) is 10.1. The van der Waals surface area contributed by atoms with Crippen LogP contribution in [0.3, 0.4) is 0 Å². The molecule has 1 unspecified atom stereocenters. The molecule has 1 rings (SSSR count). The highest BCUT2D eigenvalue weighted by Gasteiger charge is 2.28. The van der Waals surface area contributed by atoms with Crippen LogP contribution in [-0.2, 0) is 11.2 Å². The highest BCUT2D eigenvalue weighted by molar-refractivity contribution is 9.10. The molecule has 1 aromatic carbocycles. The second-order valence-electron chi connectivity index (χ2n) is 5.02. The van der Waals surface area contributed by atoms with Gasteiger partial charge in [0.05, 0.1) is 4.83 Å². The van der Waals surface area contributed by atoms with E-state index < -0.39 is 21.9 Å². The SMILES string of the molecule is CC(C)(C)C(=O)C(Br)Cc1cc(F)ccc1F. The summed E-state index contributed by atoms with van der Waals surface area (Å²) in [5.74, 6) is -1.01. The van der Waals surface area contributed by atoms with Gasteiger partial charge < -0.3 is 0 Å². The van der Waals surface area contributed by atoms with Crippen molar-refractivity contribution in [2.45, 2.75) is 32.0 Å². The molecule has 0 heterocycles. The Kier molecular flexibility index (Phi) is 4.42. The first-order chi connectivity index (χ1) is 7.71. The summed E-state index contributed by atoms with van der Waals surface area (Å²) in [6.45, 7) is 5.39.